The summed E-state index contributed by atoms with van der Waals surface area (Å²) in [6, 6.07) is 0. The second kappa shape index (κ2) is 19.0. The molecule has 0 aliphatic heterocycles. The van der Waals surface area contributed by atoms with E-state index in [0.29, 0.717) is 0 Å². The second-order valence-corrected chi connectivity index (χ2v) is 5.17. The molecule has 0 rings (SSSR count). The van der Waals surface area contributed by atoms with Crippen molar-refractivity contribution in [2.24, 2.45) is 4.99 Å². The minimum atomic E-state index is 0. The predicted molar refractivity (Wildman–Crippen MR) is 108 cm³/mol. The first-order valence-corrected chi connectivity index (χ1v) is 8.53. The van der Waals surface area contributed by atoms with E-state index in [1.54, 1.807) is 0 Å². The Bertz CT molecular complexity index is 246. The maximum absolute atomic E-state index is 5.31. The quantitative estimate of drug-likeness (QED) is 0.205. The molecule has 0 amide bonds. The number of hydrogen-bond donors (Lipinski definition) is 2. The van der Waals surface area contributed by atoms with Crippen LogP contribution in [0.25, 0.3) is 0 Å². The summed E-state index contributed by atoms with van der Waals surface area (Å²) in [5, 5.41) is 6.68. The molecule has 0 unspecified atom stereocenters. The maximum atomic E-state index is 5.31. The molecule has 0 spiro atoms. The Labute approximate surface area is 154 Å². The van der Waals surface area contributed by atoms with Crippen molar-refractivity contribution in [1.82, 2.24) is 15.5 Å². The van der Waals surface area contributed by atoms with Crippen LogP contribution in [0, 0.1) is 0 Å². The van der Waals surface area contributed by atoms with E-state index in [1.807, 2.05) is 14.0 Å². The summed E-state index contributed by atoms with van der Waals surface area (Å²) in [6.45, 7) is 13.6. The highest BCUT2D eigenvalue weighted by Crippen LogP contribution is 1.95. The number of guanidine groups is 1. The van der Waals surface area contributed by atoms with Crippen molar-refractivity contribution in [3.05, 3.63) is 0 Å². The molecule has 0 aromatic heterocycles. The molecule has 22 heavy (non-hydrogen) atoms. The Morgan fingerprint density at radius 3 is 2.05 bits per heavy atom. The van der Waals surface area contributed by atoms with Crippen molar-refractivity contribution in [1.29, 1.82) is 0 Å². The van der Waals surface area contributed by atoms with Crippen molar-refractivity contribution >= 4 is 29.9 Å². The zero-order valence-electron chi connectivity index (χ0n) is 15.0. The van der Waals surface area contributed by atoms with Crippen LogP contribution in [0.1, 0.15) is 46.5 Å². The van der Waals surface area contributed by atoms with Crippen molar-refractivity contribution < 1.29 is 4.74 Å². The summed E-state index contributed by atoms with van der Waals surface area (Å²) in [7, 11) is 1.82. The van der Waals surface area contributed by atoms with E-state index in [0.717, 1.165) is 51.6 Å². The van der Waals surface area contributed by atoms with E-state index in [1.165, 1.54) is 25.9 Å². The van der Waals surface area contributed by atoms with Gasteiger partial charge in [-0.3, -0.25) is 4.99 Å². The normalized spacial score (nSPS) is 11.4. The van der Waals surface area contributed by atoms with Gasteiger partial charge in [-0.1, -0.05) is 13.8 Å². The van der Waals surface area contributed by atoms with Gasteiger partial charge in [0.25, 0.3) is 0 Å². The van der Waals surface area contributed by atoms with Crippen LogP contribution in [-0.4, -0.2) is 63.8 Å². The van der Waals surface area contributed by atoms with Crippen LogP contribution in [0.4, 0.5) is 0 Å². The van der Waals surface area contributed by atoms with Crippen molar-refractivity contribution in [2.45, 2.75) is 46.5 Å². The van der Waals surface area contributed by atoms with Crippen molar-refractivity contribution in [3.8, 4) is 0 Å². The summed E-state index contributed by atoms with van der Waals surface area (Å²) in [6.07, 6.45) is 4.63. The molecular formula is C16H37IN4O. The Balaban J connectivity index is 0. The zero-order chi connectivity index (χ0) is 15.8. The average Bonchev–Trinajstić information content (AvgIpc) is 2.49. The van der Waals surface area contributed by atoms with Crippen LogP contribution in [0.5, 0.6) is 0 Å². The smallest absolute Gasteiger partial charge is 0.190 e. The van der Waals surface area contributed by atoms with E-state index in [2.05, 4.69) is 34.4 Å². The summed E-state index contributed by atoms with van der Waals surface area (Å²) >= 11 is 0. The molecule has 2 N–H and O–H groups in total. The number of ether oxygens (including phenoxy) is 1. The number of hydrogen-bond acceptors (Lipinski definition) is 3. The zero-order valence-corrected chi connectivity index (χ0v) is 17.3. The molecule has 5 nitrogen and oxygen atoms in total. The molecule has 0 radical (unpaired) electrons. The van der Waals surface area contributed by atoms with Crippen LogP contribution in [0.3, 0.4) is 0 Å². The molecule has 0 aromatic carbocycles. The van der Waals surface area contributed by atoms with Gasteiger partial charge in [0, 0.05) is 33.4 Å². The molecule has 0 saturated heterocycles. The monoisotopic (exact) mass is 428 g/mol. The van der Waals surface area contributed by atoms with E-state index in [9.17, 15) is 0 Å². The largest absolute Gasteiger partial charge is 0.382 e. The summed E-state index contributed by atoms with van der Waals surface area (Å²) < 4.78 is 5.31. The Kier molecular flexibility index (Phi) is 20.8. The molecule has 0 heterocycles. The summed E-state index contributed by atoms with van der Waals surface area (Å²) in [4.78, 5) is 6.78. The average molecular weight is 428 g/mol. The Morgan fingerprint density at radius 2 is 1.55 bits per heavy atom. The lowest BCUT2D eigenvalue weighted by Crippen LogP contribution is -2.39. The molecule has 0 aliphatic rings. The third kappa shape index (κ3) is 14.8. The third-order valence-electron chi connectivity index (χ3n) is 3.21. The van der Waals surface area contributed by atoms with Crippen LogP contribution >= 0.6 is 24.0 Å². The van der Waals surface area contributed by atoms with Crippen molar-refractivity contribution in [3.63, 3.8) is 0 Å². The van der Waals surface area contributed by atoms with Gasteiger partial charge < -0.3 is 20.3 Å². The van der Waals surface area contributed by atoms with Crippen molar-refractivity contribution in [2.75, 3.05) is 53.0 Å². The first-order valence-electron chi connectivity index (χ1n) is 8.53. The van der Waals surface area contributed by atoms with Gasteiger partial charge in [0.15, 0.2) is 5.96 Å². The van der Waals surface area contributed by atoms with Gasteiger partial charge in [-0.25, -0.2) is 0 Å². The second-order valence-electron chi connectivity index (χ2n) is 5.17. The Morgan fingerprint density at radius 1 is 0.955 bits per heavy atom. The SMILES string of the molecule is CCCN(CCC)CCCNC(=NC)NCCCOCC.I. The molecule has 0 bridgehead atoms. The highest BCUT2D eigenvalue weighted by atomic mass is 127. The van der Waals surface area contributed by atoms with Gasteiger partial charge in [-0.05, 0) is 52.2 Å². The molecule has 0 aromatic rings. The minimum absolute atomic E-state index is 0. The van der Waals surface area contributed by atoms with Gasteiger partial charge in [0.1, 0.15) is 0 Å². The molecule has 134 valence electrons. The fourth-order valence-electron chi connectivity index (χ4n) is 2.22. The number of halogens is 1. The van der Waals surface area contributed by atoms with E-state index in [-0.39, 0.29) is 24.0 Å². The molecule has 0 fully saturated rings. The summed E-state index contributed by atoms with van der Waals surface area (Å²) in [5.74, 6) is 0.893. The lowest BCUT2D eigenvalue weighted by molar-refractivity contribution is 0.145. The van der Waals surface area contributed by atoms with E-state index >= 15 is 0 Å². The standard InChI is InChI=1S/C16H36N4O.HI/c1-5-12-20(13-6-2)14-8-10-18-16(17-4)19-11-9-15-21-7-3;/h5-15H2,1-4H3,(H2,17,18,19);1H. The fraction of sp³-hybridized carbons (Fsp3) is 0.938. The van der Waals surface area contributed by atoms with Gasteiger partial charge in [-0.2, -0.15) is 0 Å². The lowest BCUT2D eigenvalue weighted by atomic mass is 10.3. The van der Waals surface area contributed by atoms with Gasteiger partial charge in [-0.15, -0.1) is 24.0 Å². The maximum Gasteiger partial charge on any atom is 0.190 e. The van der Waals surface area contributed by atoms with Crippen LogP contribution < -0.4 is 10.6 Å². The highest BCUT2D eigenvalue weighted by molar-refractivity contribution is 14.0. The number of rotatable bonds is 13. The first-order chi connectivity index (χ1) is 10.3. The van der Waals surface area contributed by atoms with Gasteiger partial charge >= 0.3 is 0 Å². The molecule has 0 atom stereocenters. The number of nitrogens with one attached hydrogen (secondary N) is 2. The molecule has 0 saturated carbocycles. The van der Waals surface area contributed by atoms with Gasteiger partial charge in [0.05, 0.1) is 0 Å². The van der Waals surface area contributed by atoms with Crippen LogP contribution in [0.2, 0.25) is 0 Å². The number of aliphatic imine (C=N–C) groups is 1. The number of nitrogens with zero attached hydrogens (tertiary/aromatic N) is 2. The fourth-order valence-corrected chi connectivity index (χ4v) is 2.22. The first kappa shape index (κ1) is 24.2. The predicted octanol–water partition coefficient (Wildman–Crippen LogP) is 2.71. The van der Waals surface area contributed by atoms with Crippen LogP contribution in [-0.2, 0) is 4.74 Å². The topological polar surface area (TPSA) is 48.9 Å². The van der Waals surface area contributed by atoms with Gasteiger partial charge in [0.2, 0.25) is 0 Å². The van der Waals surface area contributed by atoms with Crippen LogP contribution in [0.15, 0.2) is 4.99 Å². The highest BCUT2D eigenvalue weighted by Gasteiger charge is 2.02. The van der Waals surface area contributed by atoms with E-state index in [4.69, 9.17) is 4.74 Å². The molecule has 6 heteroatoms. The van der Waals surface area contributed by atoms with E-state index < -0.39 is 0 Å². The third-order valence-corrected chi connectivity index (χ3v) is 3.21. The minimum Gasteiger partial charge on any atom is -0.382 e. The Hall–Kier alpha value is -0.0800. The lowest BCUT2D eigenvalue weighted by Gasteiger charge is -2.21. The molecule has 0 aliphatic carbocycles. The summed E-state index contributed by atoms with van der Waals surface area (Å²) in [5.41, 5.74) is 0. The molecular weight excluding hydrogens is 391 g/mol.